The highest BCUT2D eigenvalue weighted by Gasteiger charge is 1.86. The second-order valence-electron chi connectivity index (χ2n) is 8.04. The van der Waals surface area contributed by atoms with E-state index >= 15 is 0 Å². The molecule has 0 spiro atoms. The van der Waals surface area contributed by atoms with Crippen molar-refractivity contribution < 1.29 is 0 Å². The van der Waals surface area contributed by atoms with Gasteiger partial charge in [-0.3, -0.25) is 0 Å². The van der Waals surface area contributed by atoms with Crippen LogP contribution >= 0.6 is 0 Å². The van der Waals surface area contributed by atoms with E-state index in [-0.39, 0.29) is 0 Å². The summed E-state index contributed by atoms with van der Waals surface area (Å²) >= 11 is 0. The molecule has 0 nitrogen and oxygen atoms in total. The minimum absolute atomic E-state index is 1.31. The van der Waals surface area contributed by atoms with Gasteiger partial charge in [-0.15, -0.1) is 0 Å². The first-order valence-corrected chi connectivity index (χ1v) is 13.1. The first kappa shape index (κ1) is 28.3. The van der Waals surface area contributed by atoms with E-state index in [0.29, 0.717) is 0 Å². The highest BCUT2D eigenvalue weighted by molar-refractivity contribution is 5.83. The van der Waals surface area contributed by atoms with Crippen LogP contribution in [0.25, 0.3) is 32.3 Å². The summed E-state index contributed by atoms with van der Waals surface area (Å²) in [6, 6.07) is 50.1. The topological polar surface area (TPSA) is 0 Å². The monoisotopic (exact) mass is 472 g/mol. The zero-order valence-electron chi connectivity index (χ0n) is 22.3. The lowest BCUT2D eigenvalue weighted by molar-refractivity contribution is 0.886. The van der Waals surface area contributed by atoms with Gasteiger partial charge in [0.2, 0.25) is 0 Å². The quantitative estimate of drug-likeness (QED) is 0.223. The number of benzene rings is 6. The van der Waals surface area contributed by atoms with Crippen LogP contribution in [0.1, 0.15) is 40.5 Å². The second-order valence-corrected chi connectivity index (χ2v) is 8.04. The molecule has 0 radical (unpaired) electrons. The fourth-order valence-electron chi connectivity index (χ4n) is 3.40. The molecule has 36 heavy (non-hydrogen) atoms. The molecule has 0 fully saturated rings. The standard InChI is InChI=1S/3C10H8.C4H10.C2H6/c3*1-2-6-10-8-4-3-7-9(10)5-1;1-3-4-2;1-2/h3*1-8H;3-4H2,1-2H3;1-2H3. The Labute approximate surface area is 218 Å². The van der Waals surface area contributed by atoms with Gasteiger partial charge in [0.25, 0.3) is 0 Å². The Kier molecular flexibility index (Phi) is 13.8. The van der Waals surface area contributed by atoms with Crippen LogP contribution in [0.2, 0.25) is 0 Å². The Hall–Kier alpha value is -3.90. The van der Waals surface area contributed by atoms with E-state index in [2.05, 4.69) is 159 Å². The molecule has 0 heterocycles. The summed E-state index contributed by atoms with van der Waals surface area (Å²) in [6.45, 7) is 8.36. The molecule has 0 aromatic heterocycles. The van der Waals surface area contributed by atoms with E-state index in [0.717, 1.165) is 0 Å². The van der Waals surface area contributed by atoms with Crippen LogP contribution in [-0.2, 0) is 0 Å². The Morgan fingerprint density at radius 2 is 0.389 bits per heavy atom. The van der Waals surface area contributed by atoms with Gasteiger partial charge in [-0.2, -0.15) is 0 Å². The van der Waals surface area contributed by atoms with E-state index in [1.54, 1.807) is 0 Å². The molecular weight excluding hydrogens is 432 g/mol. The molecule has 184 valence electrons. The minimum Gasteiger partial charge on any atom is -0.0683 e. The maximum Gasteiger partial charge on any atom is -0.0184 e. The maximum absolute atomic E-state index is 2.18. The number of hydrogen-bond acceptors (Lipinski definition) is 0. The molecule has 0 saturated heterocycles. The third-order valence-electron chi connectivity index (χ3n) is 5.48. The van der Waals surface area contributed by atoms with Crippen molar-refractivity contribution in [3.8, 4) is 0 Å². The molecule has 6 aromatic carbocycles. The van der Waals surface area contributed by atoms with Gasteiger partial charge in [0.1, 0.15) is 0 Å². The second kappa shape index (κ2) is 17.5. The largest absolute Gasteiger partial charge is 0.0683 e. The lowest BCUT2D eigenvalue weighted by atomic mass is 10.1. The molecule has 0 bridgehead atoms. The highest BCUT2D eigenvalue weighted by Crippen LogP contribution is 2.12. The van der Waals surface area contributed by atoms with Crippen molar-refractivity contribution in [2.45, 2.75) is 40.5 Å². The summed E-state index contributed by atoms with van der Waals surface area (Å²) < 4.78 is 0. The predicted molar refractivity (Wildman–Crippen MR) is 164 cm³/mol. The van der Waals surface area contributed by atoms with Crippen molar-refractivity contribution >= 4 is 32.3 Å². The summed E-state index contributed by atoms with van der Waals surface area (Å²) in [5.41, 5.74) is 0. The Morgan fingerprint density at radius 1 is 0.278 bits per heavy atom. The number of rotatable bonds is 1. The molecule has 0 N–H and O–H groups in total. The van der Waals surface area contributed by atoms with Gasteiger partial charge in [0.05, 0.1) is 0 Å². The molecule has 0 aliphatic rings. The van der Waals surface area contributed by atoms with E-state index in [1.807, 2.05) is 13.8 Å². The molecule has 6 aromatic rings. The number of hydrogen-bond donors (Lipinski definition) is 0. The van der Waals surface area contributed by atoms with Gasteiger partial charge in [-0.25, -0.2) is 0 Å². The normalized spacial score (nSPS) is 9.33. The van der Waals surface area contributed by atoms with Gasteiger partial charge < -0.3 is 0 Å². The van der Waals surface area contributed by atoms with E-state index in [1.165, 1.54) is 45.2 Å². The molecule has 0 aliphatic heterocycles. The maximum atomic E-state index is 2.18. The fraction of sp³-hybridized carbons (Fsp3) is 0.167. The summed E-state index contributed by atoms with van der Waals surface area (Å²) in [4.78, 5) is 0. The van der Waals surface area contributed by atoms with Crippen LogP contribution < -0.4 is 0 Å². The molecule has 0 aliphatic carbocycles. The van der Waals surface area contributed by atoms with E-state index in [4.69, 9.17) is 0 Å². The molecule has 0 atom stereocenters. The average molecular weight is 473 g/mol. The summed E-state index contributed by atoms with van der Waals surface area (Å²) in [6.07, 6.45) is 2.64. The molecule has 0 heteroatoms. The molecular formula is C36H40. The molecule has 0 amide bonds. The fourth-order valence-corrected chi connectivity index (χ4v) is 3.40. The predicted octanol–water partition coefficient (Wildman–Crippen LogP) is 11.4. The average Bonchev–Trinajstić information content (AvgIpc) is 2.99. The summed E-state index contributed by atoms with van der Waals surface area (Å²) in [5, 5.41) is 7.86. The zero-order chi connectivity index (χ0) is 25.8. The Morgan fingerprint density at radius 3 is 0.472 bits per heavy atom. The first-order chi connectivity index (χ1) is 17.8. The van der Waals surface area contributed by atoms with Gasteiger partial charge in [-0.1, -0.05) is 186 Å². The van der Waals surface area contributed by atoms with Gasteiger partial charge in [0.15, 0.2) is 0 Å². The first-order valence-electron chi connectivity index (χ1n) is 13.1. The molecule has 0 unspecified atom stereocenters. The number of fused-ring (bicyclic) bond motifs is 3. The van der Waals surface area contributed by atoms with Crippen LogP contribution in [0.3, 0.4) is 0 Å². The van der Waals surface area contributed by atoms with Gasteiger partial charge in [-0.05, 0) is 32.3 Å². The Balaban J connectivity index is 0.000000172. The smallest absolute Gasteiger partial charge is 0.0184 e. The minimum atomic E-state index is 1.31. The number of unbranched alkanes of at least 4 members (excludes halogenated alkanes) is 1. The van der Waals surface area contributed by atoms with E-state index in [9.17, 15) is 0 Å². The SMILES string of the molecule is CC.CCCC.c1ccc2ccccc2c1.c1ccc2ccccc2c1.c1ccc2ccccc2c1. The van der Waals surface area contributed by atoms with Crippen molar-refractivity contribution in [1.29, 1.82) is 0 Å². The summed E-state index contributed by atoms with van der Waals surface area (Å²) in [7, 11) is 0. The van der Waals surface area contributed by atoms with Crippen LogP contribution in [0, 0.1) is 0 Å². The third kappa shape index (κ3) is 9.76. The lowest BCUT2D eigenvalue weighted by Crippen LogP contribution is -1.67. The molecule has 0 saturated carbocycles. The van der Waals surface area contributed by atoms with Crippen LogP contribution in [0.5, 0.6) is 0 Å². The van der Waals surface area contributed by atoms with E-state index < -0.39 is 0 Å². The van der Waals surface area contributed by atoms with Crippen molar-refractivity contribution in [3.63, 3.8) is 0 Å². The third-order valence-corrected chi connectivity index (χ3v) is 5.48. The van der Waals surface area contributed by atoms with Crippen molar-refractivity contribution in [1.82, 2.24) is 0 Å². The van der Waals surface area contributed by atoms with Gasteiger partial charge in [0, 0.05) is 0 Å². The summed E-state index contributed by atoms with van der Waals surface area (Å²) in [5.74, 6) is 0. The van der Waals surface area contributed by atoms with Crippen LogP contribution in [0.15, 0.2) is 146 Å². The Bertz CT molecular complexity index is 1010. The van der Waals surface area contributed by atoms with Gasteiger partial charge >= 0.3 is 0 Å². The zero-order valence-corrected chi connectivity index (χ0v) is 22.3. The van der Waals surface area contributed by atoms with Crippen molar-refractivity contribution in [3.05, 3.63) is 146 Å². The van der Waals surface area contributed by atoms with Crippen LogP contribution in [0.4, 0.5) is 0 Å². The van der Waals surface area contributed by atoms with Crippen molar-refractivity contribution in [2.75, 3.05) is 0 Å². The lowest BCUT2D eigenvalue weighted by Gasteiger charge is -1.92. The molecule has 6 rings (SSSR count). The highest BCUT2D eigenvalue weighted by atomic mass is 13.9. The van der Waals surface area contributed by atoms with Crippen LogP contribution in [-0.4, -0.2) is 0 Å². The van der Waals surface area contributed by atoms with Crippen molar-refractivity contribution in [2.24, 2.45) is 0 Å².